The molecule has 18 heavy (non-hydrogen) atoms. The molecule has 0 radical (unpaired) electrons. The molecule has 0 spiro atoms. The molecule has 1 aromatic carbocycles. The maximum Gasteiger partial charge on any atom is 0.145 e. The van der Waals surface area contributed by atoms with Crippen LogP contribution in [0.3, 0.4) is 0 Å². The highest BCUT2D eigenvalue weighted by atomic mass is 35.5. The predicted octanol–water partition coefficient (Wildman–Crippen LogP) is 3.96. The number of halogens is 1. The van der Waals surface area contributed by atoms with Crippen LogP contribution in [0.15, 0.2) is 42.6 Å². The second-order valence-corrected chi connectivity index (χ2v) is 5.60. The summed E-state index contributed by atoms with van der Waals surface area (Å²) in [5.74, 6) is 0.776. The highest BCUT2D eigenvalue weighted by Gasteiger charge is 2.01. The Morgan fingerprint density at radius 1 is 1.11 bits per heavy atom. The summed E-state index contributed by atoms with van der Waals surface area (Å²) < 4.78 is 0.802. The van der Waals surface area contributed by atoms with Crippen LogP contribution in [-0.2, 0) is 6.54 Å². The van der Waals surface area contributed by atoms with Gasteiger partial charge in [0.1, 0.15) is 5.82 Å². The van der Waals surface area contributed by atoms with E-state index in [4.69, 9.17) is 11.6 Å². The lowest BCUT2D eigenvalue weighted by Crippen LogP contribution is -2.00. The van der Waals surface area contributed by atoms with E-state index in [-0.39, 0.29) is 0 Å². The van der Waals surface area contributed by atoms with E-state index in [1.54, 1.807) is 17.5 Å². The number of benzene rings is 1. The number of nitrogens with zero attached hydrogens (tertiary/aromatic N) is 2. The first kappa shape index (κ1) is 11.4. The fraction of sp³-hybridized carbons (Fsp3) is 0.0769. The average Bonchev–Trinajstić information content (AvgIpc) is 2.82. The van der Waals surface area contributed by atoms with Crippen molar-refractivity contribution < 1.29 is 0 Å². The third kappa shape index (κ3) is 2.44. The van der Waals surface area contributed by atoms with E-state index < -0.39 is 0 Å². The molecule has 0 amide bonds. The van der Waals surface area contributed by atoms with Gasteiger partial charge in [-0.25, -0.2) is 4.98 Å². The molecule has 3 rings (SSSR count). The van der Waals surface area contributed by atoms with Crippen LogP contribution in [0.2, 0.25) is 4.34 Å². The SMILES string of the molecule is Clc1ccc(CNc2cnc3ccccc3n2)s1. The van der Waals surface area contributed by atoms with Gasteiger partial charge < -0.3 is 5.32 Å². The van der Waals surface area contributed by atoms with E-state index in [0.29, 0.717) is 6.54 Å². The first-order chi connectivity index (χ1) is 8.81. The minimum atomic E-state index is 0.713. The van der Waals surface area contributed by atoms with Gasteiger partial charge in [-0.15, -0.1) is 11.3 Å². The lowest BCUT2D eigenvalue weighted by molar-refractivity contribution is 1.14. The predicted molar refractivity (Wildman–Crippen MR) is 76.2 cm³/mol. The van der Waals surface area contributed by atoms with Crippen molar-refractivity contribution in [2.75, 3.05) is 5.32 Å². The van der Waals surface area contributed by atoms with Crippen LogP contribution in [0.5, 0.6) is 0 Å². The van der Waals surface area contributed by atoms with Gasteiger partial charge in [-0.1, -0.05) is 23.7 Å². The zero-order valence-electron chi connectivity index (χ0n) is 9.43. The van der Waals surface area contributed by atoms with Gasteiger partial charge in [-0.05, 0) is 24.3 Å². The molecule has 5 heteroatoms. The molecule has 0 aliphatic heterocycles. The number of thiophene rings is 1. The Labute approximate surface area is 113 Å². The first-order valence-corrected chi connectivity index (χ1v) is 6.70. The van der Waals surface area contributed by atoms with Crippen LogP contribution >= 0.6 is 22.9 Å². The standard InChI is InChI=1S/C13H10ClN3S/c14-12-6-5-9(18-12)7-16-13-8-15-10-3-1-2-4-11(10)17-13/h1-6,8H,7H2,(H,16,17). The zero-order chi connectivity index (χ0) is 12.4. The largest absolute Gasteiger partial charge is 0.364 e. The summed E-state index contributed by atoms with van der Waals surface area (Å²) >= 11 is 7.45. The summed E-state index contributed by atoms with van der Waals surface area (Å²) in [7, 11) is 0. The monoisotopic (exact) mass is 275 g/mol. The van der Waals surface area contributed by atoms with Crippen LogP contribution in [-0.4, -0.2) is 9.97 Å². The molecule has 0 bridgehead atoms. The molecule has 0 atom stereocenters. The van der Waals surface area contributed by atoms with Crippen molar-refractivity contribution in [3.05, 3.63) is 51.8 Å². The summed E-state index contributed by atoms with van der Waals surface area (Å²) in [5.41, 5.74) is 1.80. The number of para-hydroxylation sites is 2. The van der Waals surface area contributed by atoms with Crippen molar-refractivity contribution in [1.82, 2.24) is 9.97 Å². The molecular weight excluding hydrogens is 266 g/mol. The normalized spacial score (nSPS) is 10.7. The summed E-state index contributed by atoms with van der Waals surface area (Å²) in [6.45, 7) is 0.713. The molecule has 3 aromatic rings. The van der Waals surface area contributed by atoms with Crippen LogP contribution in [0.4, 0.5) is 5.82 Å². The highest BCUT2D eigenvalue weighted by Crippen LogP contribution is 2.22. The smallest absolute Gasteiger partial charge is 0.145 e. The van der Waals surface area contributed by atoms with E-state index in [1.807, 2.05) is 36.4 Å². The molecular formula is C13H10ClN3S. The van der Waals surface area contributed by atoms with Gasteiger partial charge in [0.05, 0.1) is 28.1 Å². The first-order valence-electron chi connectivity index (χ1n) is 5.51. The third-order valence-corrected chi connectivity index (χ3v) is 3.75. The molecule has 0 saturated carbocycles. The van der Waals surface area contributed by atoms with Crippen molar-refractivity contribution in [2.45, 2.75) is 6.54 Å². The second kappa shape index (κ2) is 4.92. The molecule has 2 aromatic heterocycles. The quantitative estimate of drug-likeness (QED) is 0.786. The number of anilines is 1. The molecule has 3 nitrogen and oxygen atoms in total. The van der Waals surface area contributed by atoms with Crippen molar-refractivity contribution in [3.8, 4) is 0 Å². The number of aromatic nitrogens is 2. The van der Waals surface area contributed by atoms with Gasteiger partial charge in [0, 0.05) is 4.88 Å². The van der Waals surface area contributed by atoms with Crippen molar-refractivity contribution in [3.63, 3.8) is 0 Å². The van der Waals surface area contributed by atoms with Gasteiger partial charge >= 0.3 is 0 Å². The van der Waals surface area contributed by atoms with Crippen molar-refractivity contribution in [1.29, 1.82) is 0 Å². The fourth-order valence-electron chi connectivity index (χ4n) is 1.67. The highest BCUT2D eigenvalue weighted by molar-refractivity contribution is 7.16. The van der Waals surface area contributed by atoms with Gasteiger partial charge in [0.15, 0.2) is 0 Å². The maximum absolute atomic E-state index is 5.88. The Morgan fingerprint density at radius 2 is 1.94 bits per heavy atom. The van der Waals surface area contributed by atoms with Crippen molar-refractivity contribution >= 4 is 39.8 Å². The van der Waals surface area contributed by atoms with E-state index in [1.165, 1.54) is 4.88 Å². The summed E-state index contributed by atoms with van der Waals surface area (Å²) in [6, 6.07) is 11.7. The molecule has 0 fully saturated rings. The molecule has 0 aliphatic carbocycles. The topological polar surface area (TPSA) is 37.8 Å². The van der Waals surface area contributed by atoms with E-state index in [0.717, 1.165) is 21.2 Å². The van der Waals surface area contributed by atoms with Gasteiger partial charge in [-0.3, -0.25) is 4.98 Å². The molecule has 0 unspecified atom stereocenters. The molecule has 2 heterocycles. The average molecular weight is 276 g/mol. The Kier molecular flexibility index (Phi) is 3.13. The summed E-state index contributed by atoms with van der Waals surface area (Å²) in [6.07, 6.45) is 1.75. The fourth-order valence-corrected chi connectivity index (χ4v) is 2.69. The number of hydrogen-bond acceptors (Lipinski definition) is 4. The summed E-state index contributed by atoms with van der Waals surface area (Å²) in [5, 5.41) is 3.24. The molecule has 0 aliphatic rings. The van der Waals surface area contributed by atoms with Crippen LogP contribution in [0.25, 0.3) is 11.0 Å². The lowest BCUT2D eigenvalue weighted by Gasteiger charge is -2.04. The van der Waals surface area contributed by atoms with Crippen LogP contribution in [0, 0.1) is 0 Å². The number of rotatable bonds is 3. The van der Waals surface area contributed by atoms with Crippen LogP contribution < -0.4 is 5.32 Å². The lowest BCUT2D eigenvalue weighted by atomic mass is 10.3. The Hall–Kier alpha value is -1.65. The Morgan fingerprint density at radius 3 is 2.72 bits per heavy atom. The summed E-state index contributed by atoms with van der Waals surface area (Å²) in [4.78, 5) is 10.0. The minimum Gasteiger partial charge on any atom is -0.364 e. The van der Waals surface area contributed by atoms with E-state index in [2.05, 4.69) is 15.3 Å². The van der Waals surface area contributed by atoms with Crippen LogP contribution in [0.1, 0.15) is 4.88 Å². The van der Waals surface area contributed by atoms with E-state index in [9.17, 15) is 0 Å². The Bertz CT molecular complexity index is 681. The van der Waals surface area contributed by atoms with Gasteiger partial charge in [0.2, 0.25) is 0 Å². The van der Waals surface area contributed by atoms with E-state index >= 15 is 0 Å². The van der Waals surface area contributed by atoms with Gasteiger partial charge in [0.25, 0.3) is 0 Å². The maximum atomic E-state index is 5.88. The minimum absolute atomic E-state index is 0.713. The second-order valence-electron chi connectivity index (χ2n) is 3.80. The number of fused-ring (bicyclic) bond motifs is 1. The van der Waals surface area contributed by atoms with Gasteiger partial charge in [-0.2, -0.15) is 0 Å². The third-order valence-electron chi connectivity index (χ3n) is 2.52. The Balaban J connectivity index is 1.78. The van der Waals surface area contributed by atoms with Crippen molar-refractivity contribution in [2.24, 2.45) is 0 Å². The number of hydrogen-bond donors (Lipinski definition) is 1. The zero-order valence-corrected chi connectivity index (χ0v) is 11.0. The molecule has 90 valence electrons. The number of nitrogens with one attached hydrogen (secondary N) is 1. The molecule has 1 N–H and O–H groups in total. The molecule has 0 saturated heterocycles.